The molecule has 1 aromatic heterocycles. The zero-order valence-corrected chi connectivity index (χ0v) is 14.7. The summed E-state index contributed by atoms with van der Waals surface area (Å²) >= 11 is 3.48. The van der Waals surface area contributed by atoms with Crippen LogP contribution in [-0.4, -0.2) is 10.9 Å². The highest BCUT2D eigenvalue weighted by molar-refractivity contribution is 9.10. The normalized spacial score (nSPS) is 10.2. The summed E-state index contributed by atoms with van der Waals surface area (Å²) in [6.45, 7) is 2.01. The van der Waals surface area contributed by atoms with E-state index in [9.17, 15) is 4.79 Å². The van der Waals surface area contributed by atoms with Gasteiger partial charge in [0.2, 0.25) is 0 Å². The van der Waals surface area contributed by atoms with Crippen molar-refractivity contribution in [3.05, 3.63) is 82.5 Å². The Morgan fingerprint density at radius 2 is 1.79 bits per heavy atom. The average Bonchev–Trinajstić information content (AvgIpc) is 2.59. The molecule has 0 aliphatic rings. The summed E-state index contributed by atoms with van der Waals surface area (Å²) in [5, 5.41) is 6.08. The van der Waals surface area contributed by atoms with Gasteiger partial charge >= 0.3 is 0 Å². The maximum absolute atomic E-state index is 12.4. The van der Waals surface area contributed by atoms with Gasteiger partial charge in [0.1, 0.15) is 5.82 Å². The Morgan fingerprint density at radius 3 is 2.54 bits per heavy atom. The molecule has 2 aromatic carbocycles. The van der Waals surface area contributed by atoms with Crippen LogP contribution in [0.1, 0.15) is 15.9 Å². The van der Waals surface area contributed by atoms with Crippen LogP contribution in [0.3, 0.4) is 0 Å². The molecule has 120 valence electrons. The van der Waals surface area contributed by atoms with Crippen molar-refractivity contribution < 1.29 is 4.79 Å². The maximum Gasteiger partial charge on any atom is 0.255 e. The molecule has 4 nitrogen and oxygen atoms in total. The van der Waals surface area contributed by atoms with Crippen LogP contribution in [0.4, 0.5) is 17.2 Å². The summed E-state index contributed by atoms with van der Waals surface area (Å²) in [5.41, 5.74) is 3.35. The zero-order chi connectivity index (χ0) is 16.9. The second-order valence-electron chi connectivity index (χ2n) is 5.35. The van der Waals surface area contributed by atoms with Crippen LogP contribution in [0.5, 0.6) is 0 Å². The highest BCUT2D eigenvalue weighted by atomic mass is 79.9. The van der Waals surface area contributed by atoms with Crippen LogP contribution >= 0.6 is 15.9 Å². The third kappa shape index (κ3) is 4.00. The van der Waals surface area contributed by atoms with Gasteiger partial charge in [-0.25, -0.2) is 4.98 Å². The van der Waals surface area contributed by atoms with Crippen molar-refractivity contribution in [2.24, 2.45) is 0 Å². The van der Waals surface area contributed by atoms with E-state index in [2.05, 4.69) is 31.5 Å². The van der Waals surface area contributed by atoms with E-state index in [1.807, 2.05) is 55.5 Å². The fourth-order valence-corrected chi connectivity index (χ4v) is 2.56. The van der Waals surface area contributed by atoms with Crippen LogP contribution in [0, 0.1) is 6.92 Å². The van der Waals surface area contributed by atoms with E-state index in [-0.39, 0.29) is 5.91 Å². The lowest BCUT2D eigenvalue weighted by Crippen LogP contribution is -2.12. The smallest absolute Gasteiger partial charge is 0.255 e. The van der Waals surface area contributed by atoms with Gasteiger partial charge in [0.15, 0.2) is 0 Å². The minimum Gasteiger partial charge on any atom is -0.339 e. The first-order valence-electron chi connectivity index (χ1n) is 7.47. The predicted molar refractivity (Wildman–Crippen MR) is 101 cm³/mol. The fourth-order valence-electron chi connectivity index (χ4n) is 2.18. The van der Waals surface area contributed by atoms with Crippen LogP contribution in [0.25, 0.3) is 0 Å². The molecule has 0 saturated heterocycles. The topological polar surface area (TPSA) is 54.0 Å². The standard InChI is InChI=1S/C19H16BrN3O/c1-13-6-8-15(9-7-13)22-19(24)14-10-11-21-18(12-14)23-17-5-3-2-4-16(17)20/h2-12H,1H3,(H,21,23)(H,22,24). The lowest BCUT2D eigenvalue weighted by molar-refractivity contribution is 0.102. The molecule has 1 amide bonds. The number of halogens is 1. The lowest BCUT2D eigenvalue weighted by atomic mass is 10.2. The number of benzene rings is 2. The number of nitrogens with one attached hydrogen (secondary N) is 2. The van der Waals surface area contributed by atoms with Crippen molar-refractivity contribution in [3.63, 3.8) is 0 Å². The van der Waals surface area contributed by atoms with Gasteiger partial charge in [0, 0.05) is 21.9 Å². The van der Waals surface area contributed by atoms with Crippen molar-refractivity contribution in [1.29, 1.82) is 0 Å². The number of hydrogen-bond donors (Lipinski definition) is 2. The van der Waals surface area contributed by atoms with E-state index in [1.54, 1.807) is 18.3 Å². The molecule has 3 rings (SSSR count). The number of pyridine rings is 1. The number of carbonyl (C=O) groups is 1. The molecular weight excluding hydrogens is 366 g/mol. The molecule has 0 saturated carbocycles. The van der Waals surface area contributed by atoms with Gasteiger partial charge in [0.25, 0.3) is 5.91 Å². The van der Waals surface area contributed by atoms with Crippen molar-refractivity contribution in [1.82, 2.24) is 4.98 Å². The Balaban J connectivity index is 1.76. The molecule has 0 radical (unpaired) electrons. The lowest BCUT2D eigenvalue weighted by Gasteiger charge is -2.09. The molecule has 5 heteroatoms. The van der Waals surface area contributed by atoms with Gasteiger partial charge in [-0.3, -0.25) is 4.79 Å². The molecule has 0 bridgehead atoms. The molecule has 1 heterocycles. The quantitative estimate of drug-likeness (QED) is 0.656. The van der Waals surface area contributed by atoms with Gasteiger partial charge in [-0.1, -0.05) is 29.8 Å². The Bertz CT molecular complexity index is 862. The molecule has 24 heavy (non-hydrogen) atoms. The van der Waals surface area contributed by atoms with E-state index in [1.165, 1.54) is 0 Å². The third-order valence-corrected chi connectivity index (χ3v) is 4.16. The number of rotatable bonds is 4. The Labute approximate surface area is 149 Å². The summed E-state index contributed by atoms with van der Waals surface area (Å²) < 4.78 is 0.932. The van der Waals surface area contributed by atoms with E-state index < -0.39 is 0 Å². The predicted octanol–water partition coefficient (Wildman–Crippen LogP) is 5.15. The van der Waals surface area contributed by atoms with E-state index in [4.69, 9.17) is 0 Å². The minimum absolute atomic E-state index is 0.170. The number of aromatic nitrogens is 1. The molecule has 0 atom stereocenters. The van der Waals surface area contributed by atoms with Crippen molar-refractivity contribution in [3.8, 4) is 0 Å². The number of hydrogen-bond acceptors (Lipinski definition) is 3. The number of para-hydroxylation sites is 1. The van der Waals surface area contributed by atoms with Crippen molar-refractivity contribution >= 4 is 39.0 Å². The van der Waals surface area contributed by atoms with Crippen molar-refractivity contribution in [2.45, 2.75) is 6.92 Å². The number of anilines is 3. The Morgan fingerprint density at radius 1 is 1.04 bits per heavy atom. The van der Waals surface area contributed by atoms with E-state index in [0.717, 1.165) is 21.4 Å². The number of aryl methyl sites for hydroxylation is 1. The minimum atomic E-state index is -0.170. The van der Waals surface area contributed by atoms with Gasteiger partial charge in [-0.15, -0.1) is 0 Å². The monoisotopic (exact) mass is 381 g/mol. The molecular formula is C19H16BrN3O. The summed E-state index contributed by atoms with van der Waals surface area (Å²) in [6.07, 6.45) is 1.61. The molecule has 0 fully saturated rings. The zero-order valence-electron chi connectivity index (χ0n) is 13.1. The molecule has 3 aromatic rings. The first-order chi connectivity index (χ1) is 11.6. The van der Waals surface area contributed by atoms with Crippen LogP contribution in [0.2, 0.25) is 0 Å². The second kappa shape index (κ2) is 7.27. The van der Waals surface area contributed by atoms with E-state index >= 15 is 0 Å². The van der Waals surface area contributed by atoms with Gasteiger partial charge in [0.05, 0.1) is 5.69 Å². The molecule has 0 spiro atoms. The Hall–Kier alpha value is -2.66. The summed E-state index contributed by atoms with van der Waals surface area (Å²) in [5.74, 6) is 0.440. The molecule has 0 unspecified atom stereocenters. The SMILES string of the molecule is Cc1ccc(NC(=O)c2ccnc(Nc3ccccc3Br)c2)cc1. The van der Waals surface area contributed by atoms with Gasteiger partial charge in [-0.2, -0.15) is 0 Å². The van der Waals surface area contributed by atoms with E-state index in [0.29, 0.717) is 11.4 Å². The number of amides is 1. The largest absolute Gasteiger partial charge is 0.339 e. The van der Waals surface area contributed by atoms with Crippen LogP contribution in [-0.2, 0) is 0 Å². The number of carbonyl (C=O) groups excluding carboxylic acids is 1. The second-order valence-corrected chi connectivity index (χ2v) is 6.21. The average molecular weight is 382 g/mol. The highest BCUT2D eigenvalue weighted by Crippen LogP contribution is 2.24. The first-order valence-corrected chi connectivity index (χ1v) is 8.27. The summed E-state index contributed by atoms with van der Waals surface area (Å²) in [6, 6.07) is 18.8. The molecule has 0 aliphatic heterocycles. The Kier molecular flexibility index (Phi) is 4.91. The highest BCUT2D eigenvalue weighted by Gasteiger charge is 2.08. The molecule has 2 N–H and O–H groups in total. The molecule has 0 aliphatic carbocycles. The fraction of sp³-hybridized carbons (Fsp3) is 0.0526. The maximum atomic E-state index is 12.4. The van der Waals surface area contributed by atoms with Crippen LogP contribution < -0.4 is 10.6 Å². The van der Waals surface area contributed by atoms with Crippen molar-refractivity contribution in [2.75, 3.05) is 10.6 Å². The summed E-state index contributed by atoms with van der Waals surface area (Å²) in [7, 11) is 0. The van der Waals surface area contributed by atoms with Gasteiger partial charge < -0.3 is 10.6 Å². The van der Waals surface area contributed by atoms with Crippen LogP contribution in [0.15, 0.2) is 71.3 Å². The summed E-state index contributed by atoms with van der Waals surface area (Å²) in [4.78, 5) is 16.7. The first kappa shape index (κ1) is 16.2. The third-order valence-electron chi connectivity index (χ3n) is 3.47. The number of nitrogens with zero attached hydrogens (tertiary/aromatic N) is 1. The van der Waals surface area contributed by atoms with Gasteiger partial charge in [-0.05, 0) is 59.3 Å².